The minimum atomic E-state index is -4.50. The molecule has 0 spiro atoms. The molecule has 0 aliphatic carbocycles. The number of aliphatic imine (C=N–C) groups is 1. The number of ketones is 1. The molecule has 10 heteroatoms. The Morgan fingerprint density at radius 1 is 1.42 bits per heavy atom. The number of aliphatic hydroxyl groups is 1. The molecule has 1 heterocycles. The lowest BCUT2D eigenvalue weighted by molar-refractivity contribution is -0.153. The summed E-state index contributed by atoms with van der Waals surface area (Å²) in [4.78, 5) is 30.6. The average molecular weight is 459 g/mol. The van der Waals surface area contributed by atoms with Crippen molar-refractivity contribution in [3.63, 3.8) is 0 Å². The van der Waals surface area contributed by atoms with Gasteiger partial charge in [0.05, 0.1) is 17.6 Å². The van der Waals surface area contributed by atoms with Crippen LogP contribution in [0.5, 0.6) is 5.75 Å². The van der Waals surface area contributed by atoms with Gasteiger partial charge < -0.3 is 14.7 Å². The molecular formula is C21H22ClF3N2O4. The Labute approximate surface area is 182 Å². The lowest BCUT2D eigenvalue weighted by Crippen LogP contribution is -2.35. The molecule has 0 saturated heterocycles. The van der Waals surface area contributed by atoms with Gasteiger partial charge in [0.2, 0.25) is 0 Å². The number of nitrogens with zero attached hydrogens (tertiary/aromatic N) is 2. The van der Waals surface area contributed by atoms with Gasteiger partial charge >= 0.3 is 6.18 Å². The Hall–Kier alpha value is -2.65. The van der Waals surface area contributed by atoms with Crippen molar-refractivity contribution in [1.82, 2.24) is 4.90 Å². The fourth-order valence-corrected chi connectivity index (χ4v) is 3.26. The summed E-state index contributed by atoms with van der Waals surface area (Å²) in [5.74, 6) is -1.21. The van der Waals surface area contributed by atoms with E-state index in [1.54, 1.807) is 6.92 Å². The largest absolute Gasteiger partial charge is 0.483 e. The fourth-order valence-electron chi connectivity index (χ4n) is 3.02. The zero-order chi connectivity index (χ0) is 23.6. The van der Waals surface area contributed by atoms with Gasteiger partial charge in [0.1, 0.15) is 11.4 Å². The first kappa shape index (κ1) is 24.6. The van der Waals surface area contributed by atoms with Gasteiger partial charge in [0, 0.05) is 17.3 Å². The summed E-state index contributed by atoms with van der Waals surface area (Å²) in [5, 5.41) is 10.1. The SMILES string of the molecule is C=N/C=C\C1=C(C(=O)C(C)(C)O)CN(C(C)c2ccc(OCC(F)(F)F)c(Cl)c2)C1=O. The van der Waals surface area contributed by atoms with Crippen LogP contribution in [0.4, 0.5) is 13.2 Å². The van der Waals surface area contributed by atoms with E-state index in [0.717, 1.165) is 0 Å². The number of benzene rings is 1. The van der Waals surface area contributed by atoms with Crippen molar-refractivity contribution in [2.45, 2.75) is 38.6 Å². The third-order valence-corrected chi connectivity index (χ3v) is 4.91. The normalized spacial score (nSPS) is 16.3. The Balaban J connectivity index is 2.30. The number of rotatable bonds is 8. The second kappa shape index (κ2) is 9.23. The van der Waals surface area contributed by atoms with Gasteiger partial charge in [-0.3, -0.25) is 14.6 Å². The molecule has 1 aromatic carbocycles. The van der Waals surface area contributed by atoms with Crippen molar-refractivity contribution in [3.05, 3.63) is 52.2 Å². The average Bonchev–Trinajstić information content (AvgIpc) is 2.98. The molecule has 1 aliphatic heterocycles. The number of hydrogen-bond acceptors (Lipinski definition) is 5. The highest BCUT2D eigenvalue weighted by atomic mass is 35.5. The van der Waals surface area contributed by atoms with Crippen LogP contribution in [0.1, 0.15) is 32.4 Å². The van der Waals surface area contributed by atoms with E-state index in [4.69, 9.17) is 11.6 Å². The topological polar surface area (TPSA) is 79.2 Å². The van der Waals surface area contributed by atoms with Gasteiger partial charge in [-0.05, 0) is 51.3 Å². The van der Waals surface area contributed by atoms with E-state index >= 15 is 0 Å². The van der Waals surface area contributed by atoms with Crippen molar-refractivity contribution in [2.24, 2.45) is 4.99 Å². The van der Waals surface area contributed by atoms with E-state index in [0.29, 0.717) is 5.56 Å². The molecule has 0 radical (unpaired) electrons. The molecule has 6 nitrogen and oxygen atoms in total. The number of hydrogen-bond donors (Lipinski definition) is 1. The zero-order valence-corrected chi connectivity index (χ0v) is 17.9. The van der Waals surface area contributed by atoms with Crippen molar-refractivity contribution in [2.75, 3.05) is 13.2 Å². The summed E-state index contributed by atoms with van der Waals surface area (Å²) in [6, 6.07) is 3.61. The summed E-state index contributed by atoms with van der Waals surface area (Å²) in [7, 11) is 0. The minimum Gasteiger partial charge on any atom is -0.483 e. The Morgan fingerprint density at radius 2 is 2.06 bits per heavy atom. The van der Waals surface area contributed by atoms with Gasteiger partial charge in [-0.1, -0.05) is 17.7 Å². The molecule has 1 amide bonds. The molecule has 0 saturated carbocycles. The van der Waals surface area contributed by atoms with Crippen LogP contribution in [0.3, 0.4) is 0 Å². The van der Waals surface area contributed by atoms with Crippen LogP contribution in [0.25, 0.3) is 0 Å². The smallest absolute Gasteiger partial charge is 0.422 e. The highest BCUT2D eigenvalue weighted by molar-refractivity contribution is 6.32. The molecule has 31 heavy (non-hydrogen) atoms. The van der Waals surface area contributed by atoms with E-state index in [9.17, 15) is 27.9 Å². The Bertz CT molecular complexity index is 949. The maximum absolute atomic E-state index is 13.0. The van der Waals surface area contributed by atoms with Crippen LogP contribution in [-0.2, 0) is 9.59 Å². The number of halogens is 4. The quantitative estimate of drug-likeness (QED) is 0.596. The number of carbonyl (C=O) groups excluding carboxylic acids is 2. The molecule has 0 aromatic heterocycles. The highest BCUT2D eigenvalue weighted by Crippen LogP contribution is 2.35. The molecule has 0 fully saturated rings. The van der Waals surface area contributed by atoms with Crippen LogP contribution in [-0.4, -0.2) is 53.3 Å². The number of amides is 1. The molecule has 1 N–H and O–H groups in total. The molecule has 0 bridgehead atoms. The zero-order valence-electron chi connectivity index (χ0n) is 17.2. The van der Waals surface area contributed by atoms with Crippen LogP contribution in [0.2, 0.25) is 5.02 Å². The van der Waals surface area contributed by atoms with Gasteiger partial charge in [0.15, 0.2) is 12.4 Å². The molecule has 1 aliphatic rings. The monoisotopic (exact) mass is 458 g/mol. The summed E-state index contributed by atoms with van der Waals surface area (Å²) < 4.78 is 41.8. The predicted molar refractivity (Wildman–Crippen MR) is 110 cm³/mol. The van der Waals surface area contributed by atoms with Crippen molar-refractivity contribution in [3.8, 4) is 5.75 Å². The molecule has 168 valence electrons. The van der Waals surface area contributed by atoms with Crippen LogP contribution >= 0.6 is 11.6 Å². The second-order valence-electron chi connectivity index (χ2n) is 7.48. The first-order valence-corrected chi connectivity index (χ1v) is 9.56. The van der Waals surface area contributed by atoms with Crippen molar-refractivity contribution in [1.29, 1.82) is 0 Å². The molecule has 1 aromatic rings. The number of alkyl halides is 3. The summed E-state index contributed by atoms with van der Waals surface area (Å²) in [6.45, 7) is 6.09. The van der Waals surface area contributed by atoms with E-state index in [1.165, 1.54) is 49.2 Å². The van der Waals surface area contributed by atoms with Crippen molar-refractivity contribution >= 4 is 30.0 Å². The van der Waals surface area contributed by atoms with Gasteiger partial charge in [-0.25, -0.2) is 0 Å². The van der Waals surface area contributed by atoms with E-state index < -0.39 is 36.1 Å². The number of Topliss-reactive ketones (excluding diaryl/α,β-unsaturated/α-hetero) is 1. The van der Waals surface area contributed by atoms with E-state index in [1.807, 2.05) is 0 Å². The summed E-state index contributed by atoms with van der Waals surface area (Å²) >= 11 is 6.06. The standard InChI is InChI=1S/C21H22ClF3N2O4/c1-12(13-5-6-17(16(22)9-13)31-11-21(23,24)25)27-10-15(18(28)20(2,3)30)14(19(27)29)7-8-26-4/h5-9,12,30H,4,10-11H2,1-3H3/b8-7-. The maximum atomic E-state index is 13.0. The second-order valence-corrected chi connectivity index (χ2v) is 7.89. The van der Waals surface area contributed by atoms with Crippen LogP contribution < -0.4 is 4.74 Å². The Morgan fingerprint density at radius 3 is 2.58 bits per heavy atom. The van der Waals surface area contributed by atoms with Gasteiger partial charge in [-0.2, -0.15) is 13.2 Å². The third kappa shape index (κ3) is 5.95. The number of carbonyl (C=O) groups is 2. The molecule has 1 atom stereocenters. The lowest BCUT2D eigenvalue weighted by atomic mass is 9.94. The predicted octanol–water partition coefficient (Wildman–Crippen LogP) is 4.04. The molecular weight excluding hydrogens is 437 g/mol. The van der Waals surface area contributed by atoms with Crippen LogP contribution in [0.15, 0.2) is 46.6 Å². The summed E-state index contributed by atoms with van der Waals surface area (Å²) in [6.07, 6.45) is -1.89. The molecule has 1 unspecified atom stereocenters. The van der Waals surface area contributed by atoms with Crippen molar-refractivity contribution < 1.29 is 32.6 Å². The fraction of sp³-hybridized carbons (Fsp3) is 0.381. The first-order valence-electron chi connectivity index (χ1n) is 9.19. The number of ether oxygens (including phenoxy) is 1. The molecule has 2 rings (SSSR count). The van der Waals surface area contributed by atoms with Crippen LogP contribution in [0, 0.1) is 0 Å². The third-order valence-electron chi connectivity index (χ3n) is 4.62. The summed E-state index contributed by atoms with van der Waals surface area (Å²) in [5.41, 5.74) is -0.945. The lowest BCUT2D eigenvalue weighted by Gasteiger charge is -2.26. The van der Waals surface area contributed by atoms with E-state index in [2.05, 4.69) is 16.4 Å². The maximum Gasteiger partial charge on any atom is 0.422 e. The minimum absolute atomic E-state index is 0.0445. The highest BCUT2D eigenvalue weighted by Gasteiger charge is 2.39. The van der Waals surface area contributed by atoms with E-state index in [-0.39, 0.29) is 28.5 Å². The van der Waals surface area contributed by atoms with Gasteiger partial charge in [-0.15, -0.1) is 0 Å². The van der Waals surface area contributed by atoms with Gasteiger partial charge in [0.25, 0.3) is 5.91 Å². The first-order chi connectivity index (χ1) is 14.3. The Kier molecular flexibility index (Phi) is 7.33.